The smallest absolute Gasteiger partial charge is 0.150 e. The highest BCUT2D eigenvalue weighted by molar-refractivity contribution is 9.10. The molecule has 2 aromatic rings. The molecule has 0 aliphatic carbocycles. The zero-order valence-corrected chi connectivity index (χ0v) is 10.8. The first-order chi connectivity index (χ1) is 8.11. The van der Waals surface area contributed by atoms with Gasteiger partial charge in [-0.15, -0.1) is 0 Å². The van der Waals surface area contributed by atoms with E-state index in [0.717, 1.165) is 21.9 Å². The van der Waals surface area contributed by atoms with Crippen LogP contribution in [0.15, 0.2) is 40.9 Å². The van der Waals surface area contributed by atoms with Gasteiger partial charge in [-0.1, -0.05) is 28.1 Å². The SMILES string of the molecule is Cc1ccc(C=O)cc1-c1cc(Br)ccc1F. The van der Waals surface area contributed by atoms with Gasteiger partial charge >= 0.3 is 0 Å². The molecule has 0 radical (unpaired) electrons. The standard InChI is InChI=1S/C14H10BrFO/c1-9-2-3-10(8-17)6-12(9)13-7-11(15)4-5-14(13)16/h2-8H,1H3. The maximum absolute atomic E-state index is 13.8. The van der Waals surface area contributed by atoms with E-state index in [-0.39, 0.29) is 5.82 Å². The molecule has 0 atom stereocenters. The number of aldehydes is 1. The summed E-state index contributed by atoms with van der Waals surface area (Å²) in [7, 11) is 0. The van der Waals surface area contributed by atoms with Gasteiger partial charge in [-0.2, -0.15) is 0 Å². The van der Waals surface area contributed by atoms with E-state index in [1.54, 1.807) is 24.3 Å². The van der Waals surface area contributed by atoms with Crippen LogP contribution in [-0.4, -0.2) is 6.29 Å². The summed E-state index contributed by atoms with van der Waals surface area (Å²) in [4.78, 5) is 10.8. The molecule has 0 N–H and O–H groups in total. The van der Waals surface area contributed by atoms with E-state index in [4.69, 9.17) is 0 Å². The van der Waals surface area contributed by atoms with Crippen molar-refractivity contribution in [2.24, 2.45) is 0 Å². The number of hydrogen-bond acceptors (Lipinski definition) is 1. The lowest BCUT2D eigenvalue weighted by Crippen LogP contribution is -1.90. The third-order valence-corrected chi connectivity index (χ3v) is 3.11. The minimum atomic E-state index is -0.292. The molecule has 0 spiro atoms. The average Bonchev–Trinajstić information content (AvgIpc) is 2.33. The summed E-state index contributed by atoms with van der Waals surface area (Å²) in [5.74, 6) is -0.292. The Kier molecular flexibility index (Phi) is 3.38. The van der Waals surface area contributed by atoms with Crippen molar-refractivity contribution in [3.63, 3.8) is 0 Å². The summed E-state index contributed by atoms with van der Waals surface area (Å²) in [6.07, 6.45) is 0.763. The van der Waals surface area contributed by atoms with E-state index < -0.39 is 0 Å². The minimum absolute atomic E-state index is 0.292. The van der Waals surface area contributed by atoms with Crippen LogP contribution in [0.4, 0.5) is 4.39 Å². The third-order valence-electron chi connectivity index (χ3n) is 2.62. The number of aryl methyl sites for hydroxylation is 1. The zero-order chi connectivity index (χ0) is 12.4. The highest BCUT2D eigenvalue weighted by atomic mass is 79.9. The molecule has 2 aromatic carbocycles. The van der Waals surface area contributed by atoms with Crippen LogP contribution in [0.3, 0.4) is 0 Å². The van der Waals surface area contributed by atoms with Gasteiger partial charge in [0.1, 0.15) is 12.1 Å². The first-order valence-corrected chi connectivity index (χ1v) is 5.92. The summed E-state index contributed by atoms with van der Waals surface area (Å²) < 4.78 is 14.6. The van der Waals surface area contributed by atoms with Crippen LogP contribution in [0.5, 0.6) is 0 Å². The van der Waals surface area contributed by atoms with Crippen molar-refractivity contribution in [1.82, 2.24) is 0 Å². The van der Waals surface area contributed by atoms with Crippen molar-refractivity contribution < 1.29 is 9.18 Å². The maximum atomic E-state index is 13.8. The van der Waals surface area contributed by atoms with E-state index in [1.165, 1.54) is 6.07 Å². The summed E-state index contributed by atoms with van der Waals surface area (Å²) in [6.45, 7) is 1.89. The summed E-state index contributed by atoms with van der Waals surface area (Å²) >= 11 is 3.32. The maximum Gasteiger partial charge on any atom is 0.150 e. The van der Waals surface area contributed by atoms with Crippen LogP contribution in [0, 0.1) is 12.7 Å². The Labute approximate surface area is 107 Å². The molecule has 0 aliphatic rings. The zero-order valence-electron chi connectivity index (χ0n) is 9.21. The fraction of sp³-hybridized carbons (Fsp3) is 0.0714. The predicted molar refractivity (Wildman–Crippen MR) is 69.7 cm³/mol. The number of benzene rings is 2. The number of carbonyl (C=O) groups is 1. The predicted octanol–water partition coefficient (Wildman–Crippen LogP) is 4.38. The molecule has 1 nitrogen and oxygen atoms in total. The van der Waals surface area contributed by atoms with Gasteiger partial charge in [0.15, 0.2) is 0 Å². The van der Waals surface area contributed by atoms with E-state index >= 15 is 0 Å². The Hall–Kier alpha value is -1.48. The Bertz CT molecular complexity index is 578. The number of rotatable bonds is 2. The van der Waals surface area contributed by atoms with Gasteiger partial charge in [-0.3, -0.25) is 4.79 Å². The van der Waals surface area contributed by atoms with E-state index in [0.29, 0.717) is 11.1 Å². The molecule has 0 fully saturated rings. The monoisotopic (exact) mass is 292 g/mol. The third kappa shape index (κ3) is 2.44. The van der Waals surface area contributed by atoms with Crippen molar-refractivity contribution >= 4 is 22.2 Å². The number of hydrogen-bond donors (Lipinski definition) is 0. The summed E-state index contributed by atoms with van der Waals surface area (Å²) in [5.41, 5.74) is 2.73. The fourth-order valence-electron chi connectivity index (χ4n) is 1.71. The second-order valence-corrected chi connectivity index (χ2v) is 4.73. The first kappa shape index (κ1) is 12.0. The normalized spacial score (nSPS) is 10.3. The molecular formula is C14H10BrFO. The largest absolute Gasteiger partial charge is 0.298 e. The van der Waals surface area contributed by atoms with Crippen LogP contribution >= 0.6 is 15.9 Å². The highest BCUT2D eigenvalue weighted by Crippen LogP contribution is 2.29. The molecule has 17 heavy (non-hydrogen) atoms. The van der Waals surface area contributed by atoms with Crippen molar-refractivity contribution in [2.75, 3.05) is 0 Å². The second kappa shape index (κ2) is 4.80. The minimum Gasteiger partial charge on any atom is -0.298 e. The lowest BCUT2D eigenvalue weighted by atomic mass is 9.98. The van der Waals surface area contributed by atoms with Crippen molar-refractivity contribution in [2.45, 2.75) is 6.92 Å². The Morgan fingerprint density at radius 3 is 2.59 bits per heavy atom. The Balaban J connectivity index is 2.66. The molecule has 0 saturated heterocycles. The van der Waals surface area contributed by atoms with Gasteiger partial charge < -0.3 is 0 Å². The Morgan fingerprint density at radius 2 is 1.88 bits per heavy atom. The summed E-state index contributed by atoms with van der Waals surface area (Å²) in [5, 5.41) is 0. The van der Waals surface area contributed by atoms with Crippen LogP contribution in [0.2, 0.25) is 0 Å². The Morgan fingerprint density at radius 1 is 1.12 bits per heavy atom. The van der Waals surface area contributed by atoms with Crippen molar-refractivity contribution in [3.05, 3.63) is 57.8 Å². The molecule has 0 heterocycles. The van der Waals surface area contributed by atoms with E-state index in [2.05, 4.69) is 15.9 Å². The molecule has 0 aromatic heterocycles. The van der Waals surface area contributed by atoms with Crippen LogP contribution < -0.4 is 0 Å². The quantitative estimate of drug-likeness (QED) is 0.751. The lowest BCUT2D eigenvalue weighted by molar-refractivity contribution is 0.112. The molecule has 0 aliphatic heterocycles. The van der Waals surface area contributed by atoms with Gasteiger partial charge in [0.2, 0.25) is 0 Å². The van der Waals surface area contributed by atoms with E-state index in [9.17, 15) is 9.18 Å². The average molecular weight is 293 g/mol. The second-order valence-electron chi connectivity index (χ2n) is 3.82. The van der Waals surface area contributed by atoms with Crippen molar-refractivity contribution in [1.29, 1.82) is 0 Å². The molecular weight excluding hydrogens is 283 g/mol. The van der Waals surface area contributed by atoms with Gasteiger partial charge in [-0.05, 0) is 42.3 Å². The molecule has 0 saturated carbocycles. The van der Waals surface area contributed by atoms with Crippen molar-refractivity contribution in [3.8, 4) is 11.1 Å². The van der Waals surface area contributed by atoms with Gasteiger partial charge in [-0.25, -0.2) is 4.39 Å². The fourth-order valence-corrected chi connectivity index (χ4v) is 2.07. The molecule has 0 bridgehead atoms. The summed E-state index contributed by atoms with van der Waals surface area (Å²) in [6, 6.07) is 10.0. The first-order valence-electron chi connectivity index (χ1n) is 5.13. The molecule has 86 valence electrons. The van der Waals surface area contributed by atoms with Crippen LogP contribution in [-0.2, 0) is 0 Å². The molecule has 2 rings (SSSR count). The van der Waals surface area contributed by atoms with Crippen LogP contribution in [0.1, 0.15) is 15.9 Å². The van der Waals surface area contributed by atoms with Gasteiger partial charge in [0.25, 0.3) is 0 Å². The topological polar surface area (TPSA) is 17.1 Å². The molecule has 0 amide bonds. The molecule has 0 unspecified atom stereocenters. The number of halogens is 2. The van der Waals surface area contributed by atoms with E-state index in [1.807, 2.05) is 13.0 Å². The van der Waals surface area contributed by atoms with Gasteiger partial charge in [0, 0.05) is 15.6 Å². The highest BCUT2D eigenvalue weighted by Gasteiger charge is 2.09. The van der Waals surface area contributed by atoms with Gasteiger partial charge in [0.05, 0.1) is 0 Å². The van der Waals surface area contributed by atoms with Crippen LogP contribution in [0.25, 0.3) is 11.1 Å². The number of carbonyl (C=O) groups excluding carboxylic acids is 1. The lowest BCUT2D eigenvalue weighted by Gasteiger charge is -2.08. The molecule has 3 heteroatoms.